The molecule has 23 heavy (non-hydrogen) atoms. The number of carbonyl (C=O) groups excluding carboxylic acids is 1. The van der Waals surface area contributed by atoms with Crippen LogP contribution in [0.5, 0.6) is 0 Å². The largest absolute Gasteiger partial charge is 0.361 e. The molecule has 4 N–H and O–H groups in total. The highest BCUT2D eigenvalue weighted by atomic mass is 16.1. The first-order chi connectivity index (χ1) is 11.2. The van der Waals surface area contributed by atoms with Crippen molar-refractivity contribution in [3.8, 4) is 0 Å². The van der Waals surface area contributed by atoms with Crippen LogP contribution in [0.25, 0.3) is 10.9 Å². The van der Waals surface area contributed by atoms with E-state index in [1.165, 1.54) is 10.9 Å². The van der Waals surface area contributed by atoms with Gasteiger partial charge in [0.15, 0.2) is 5.96 Å². The molecule has 1 heterocycles. The molecular formula is C17H25N5O. The van der Waals surface area contributed by atoms with Crippen molar-refractivity contribution in [2.24, 2.45) is 4.99 Å². The number of aliphatic imine (C=N–C) groups is 1. The Kier molecular flexibility index (Phi) is 6.47. The summed E-state index contributed by atoms with van der Waals surface area (Å²) in [6.07, 6.45) is 3.86. The minimum absolute atomic E-state index is 0.0218. The predicted octanol–water partition coefficient (Wildman–Crippen LogP) is 1.40. The number of guanidine groups is 1. The van der Waals surface area contributed by atoms with E-state index in [0.29, 0.717) is 12.5 Å². The Morgan fingerprint density at radius 1 is 1.17 bits per heavy atom. The summed E-state index contributed by atoms with van der Waals surface area (Å²) in [6.45, 7) is 3.71. The van der Waals surface area contributed by atoms with Crippen LogP contribution in [0.3, 0.4) is 0 Å². The van der Waals surface area contributed by atoms with Crippen molar-refractivity contribution in [1.29, 1.82) is 0 Å². The van der Waals surface area contributed by atoms with Crippen LogP contribution in [0.2, 0.25) is 0 Å². The lowest BCUT2D eigenvalue weighted by molar-refractivity contribution is -0.120. The van der Waals surface area contributed by atoms with E-state index in [9.17, 15) is 4.79 Å². The normalized spacial score (nSPS) is 11.5. The van der Waals surface area contributed by atoms with Gasteiger partial charge in [0.25, 0.3) is 0 Å². The first kappa shape index (κ1) is 16.9. The van der Waals surface area contributed by atoms with E-state index < -0.39 is 0 Å². The van der Waals surface area contributed by atoms with Gasteiger partial charge < -0.3 is 20.9 Å². The Balaban J connectivity index is 1.76. The van der Waals surface area contributed by atoms with Gasteiger partial charge in [-0.15, -0.1) is 0 Å². The summed E-state index contributed by atoms with van der Waals surface area (Å²) in [7, 11) is 1.70. The van der Waals surface area contributed by atoms with Gasteiger partial charge in [0.2, 0.25) is 5.91 Å². The van der Waals surface area contributed by atoms with Crippen molar-refractivity contribution < 1.29 is 4.79 Å². The molecule has 2 aromatic rings. The number of aromatic nitrogens is 1. The predicted molar refractivity (Wildman–Crippen MR) is 94.7 cm³/mol. The van der Waals surface area contributed by atoms with Crippen molar-refractivity contribution in [1.82, 2.24) is 20.9 Å². The molecule has 0 unspecified atom stereocenters. The standard InChI is InChI=1S/C17H25N5O/c1-3-9-19-16(23)12-22-17(18-2)20-10-8-13-11-21-15-7-5-4-6-14(13)15/h4-7,11,21H,3,8-10,12H2,1-2H3,(H,19,23)(H2,18,20,22). The van der Waals surface area contributed by atoms with Crippen molar-refractivity contribution in [2.45, 2.75) is 19.8 Å². The van der Waals surface area contributed by atoms with Gasteiger partial charge in [-0.05, 0) is 24.5 Å². The van der Waals surface area contributed by atoms with Crippen LogP contribution in [0.4, 0.5) is 0 Å². The zero-order valence-corrected chi connectivity index (χ0v) is 13.8. The quantitative estimate of drug-likeness (QED) is 0.460. The molecule has 0 aliphatic rings. The summed E-state index contributed by atoms with van der Waals surface area (Å²) in [5, 5.41) is 10.3. The third kappa shape index (κ3) is 5.02. The van der Waals surface area contributed by atoms with Crippen molar-refractivity contribution in [3.63, 3.8) is 0 Å². The number of aromatic amines is 1. The van der Waals surface area contributed by atoms with E-state index in [0.717, 1.165) is 24.9 Å². The molecule has 0 fully saturated rings. The fraction of sp³-hybridized carbons (Fsp3) is 0.412. The van der Waals surface area contributed by atoms with Gasteiger partial charge in [-0.1, -0.05) is 25.1 Å². The maximum Gasteiger partial charge on any atom is 0.239 e. The Morgan fingerprint density at radius 3 is 2.78 bits per heavy atom. The number of carbonyl (C=O) groups is 1. The fourth-order valence-corrected chi connectivity index (χ4v) is 2.37. The molecule has 1 aromatic carbocycles. The molecular weight excluding hydrogens is 290 g/mol. The maximum atomic E-state index is 11.6. The zero-order valence-electron chi connectivity index (χ0n) is 13.8. The number of benzene rings is 1. The highest BCUT2D eigenvalue weighted by Crippen LogP contribution is 2.17. The lowest BCUT2D eigenvalue weighted by atomic mass is 10.1. The lowest BCUT2D eigenvalue weighted by Crippen LogP contribution is -2.43. The van der Waals surface area contributed by atoms with Gasteiger partial charge >= 0.3 is 0 Å². The monoisotopic (exact) mass is 315 g/mol. The number of para-hydroxylation sites is 1. The number of hydrogen-bond donors (Lipinski definition) is 4. The molecule has 1 amide bonds. The second-order valence-electron chi connectivity index (χ2n) is 5.31. The second-order valence-corrected chi connectivity index (χ2v) is 5.31. The molecule has 0 spiro atoms. The van der Waals surface area contributed by atoms with Gasteiger partial charge in [0.05, 0.1) is 6.54 Å². The Labute approximate surface area is 136 Å². The second kappa shape index (κ2) is 8.82. The van der Waals surface area contributed by atoms with E-state index in [4.69, 9.17) is 0 Å². The highest BCUT2D eigenvalue weighted by molar-refractivity contribution is 5.86. The maximum absolute atomic E-state index is 11.6. The Bertz CT molecular complexity index is 662. The van der Waals surface area contributed by atoms with Crippen LogP contribution in [0.15, 0.2) is 35.5 Å². The molecule has 6 nitrogen and oxygen atoms in total. The number of H-pyrrole nitrogens is 1. The van der Waals surface area contributed by atoms with E-state index in [2.05, 4.69) is 38.1 Å². The molecule has 0 saturated heterocycles. The van der Waals surface area contributed by atoms with Crippen LogP contribution < -0.4 is 16.0 Å². The van der Waals surface area contributed by atoms with Gasteiger partial charge in [-0.25, -0.2) is 0 Å². The van der Waals surface area contributed by atoms with Crippen molar-refractivity contribution in [2.75, 3.05) is 26.7 Å². The average molecular weight is 315 g/mol. The Hall–Kier alpha value is -2.50. The summed E-state index contributed by atoms with van der Waals surface area (Å²) in [5.41, 5.74) is 2.42. The summed E-state index contributed by atoms with van der Waals surface area (Å²) in [4.78, 5) is 19.0. The topological polar surface area (TPSA) is 81.3 Å². The van der Waals surface area contributed by atoms with Crippen LogP contribution in [-0.4, -0.2) is 43.5 Å². The molecule has 0 saturated carbocycles. The van der Waals surface area contributed by atoms with Crippen LogP contribution in [0, 0.1) is 0 Å². The number of fused-ring (bicyclic) bond motifs is 1. The Morgan fingerprint density at radius 2 is 2.00 bits per heavy atom. The SMILES string of the molecule is CCCNC(=O)CNC(=NC)NCCc1c[nH]c2ccccc12. The van der Waals surface area contributed by atoms with E-state index in [1.54, 1.807) is 7.05 Å². The lowest BCUT2D eigenvalue weighted by Gasteiger charge is -2.11. The van der Waals surface area contributed by atoms with Crippen LogP contribution in [0.1, 0.15) is 18.9 Å². The summed E-state index contributed by atoms with van der Waals surface area (Å²) >= 11 is 0. The highest BCUT2D eigenvalue weighted by Gasteiger charge is 2.05. The zero-order chi connectivity index (χ0) is 16.5. The number of nitrogens with zero attached hydrogens (tertiary/aromatic N) is 1. The fourth-order valence-electron chi connectivity index (χ4n) is 2.37. The first-order valence-electron chi connectivity index (χ1n) is 8.00. The minimum Gasteiger partial charge on any atom is -0.361 e. The number of nitrogens with one attached hydrogen (secondary N) is 4. The molecule has 0 radical (unpaired) electrons. The molecule has 0 aliphatic carbocycles. The third-order valence-corrected chi connectivity index (χ3v) is 3.57. The molecule has 0 atom stereocenters. The summed E-state index contributed by atoms with van der Waals surface area (Å²) in [6, 6.07) is 8.26. The summed E-state index contributed by atoms with van der Waals surface area (Å²) in [5.74, 6) is 0.614. The third-order valence-electron chi connectivity index (χ3n) is 3.57. The van der Waals surface area contributed by atoms with Gasteiger partial charge in [-0.2, -0.15) is 0 Å². The molecule has 6 heteroatoms. The molecule has 1 aromatic heterocycles. The van der Waals surface area contributed by atoms with Crippen molar-refractivity contribution in [3.05, 3.63) is 36.0 Å². The smallest absolute Gasteiger partial charge is 0.239 e. The molecule has 2 rings (SSSR count). The molecule has 0 bridgehead atoms. The molecule has 124 valence electrons. The first-order valence-corrected chi connectivity index (χ1v) is 8.00. The van der Waals surface area contributed by atoms with E-state index >= 15 is 0 Å². The number of hydrogen-bond acceptors (Lipinski definition) is 2. The van der Waals surface area contributed by atoms with Gasteiger partial charge in [0, 0.05) is 37.2 Å². The van der Waals surface area contributed by atoms with Gasteiger partial charge in [0.1, 0.15) is 0 Å². The van der Waals surface area contributed by atoms with Crippen LogP contribution >= 0.6 is 0 Å². The number of amides is 1. The van der Waals surface area contributed by atoms with Crippen LogP contribution in [-0.2, 0) is 11.2 Å². The van der Waals surface area contributed by atoms with E-state index in [-0.39, 0.29) is 12.5 Å². The number of rotatable bonds is 7. The van der Waals surface area contributed by atoms with Crippen molar-refractivity contribution >= 4 is 22.8 Å². The van der Waals surface area contributed by atoms with Gasteiger partial charge in [-0.3, -0.25) is 9.79 Å². The average Bonchev–Trinajstić information content (AvgIpc) is 2.99. The van der Waals surface area contributed by atoms with E-state index in [1.807, 2.05) is 25.3 Å². The summed E-state index contributed by atoms with van der Waals surface area (Å²) < 4.78 is 0. The minimum atomic E-state index is -0.0218. The molecule has 0 aliphatic heterocycles.